The molecule has 0 atom stereocenters. The van der Waals surface area contributed by atoms with E-state index in [0.29, 0.717) is 29.5 Å². The van der Waals surface area contributed by atoms with Gasteiger partial charge in [0.2, 0.25) is 5.91 Å². The predicted octanol–water partition coefficient (Wildman–Crippen LogP) is 5.02. The van der Waals surface area contributed by atoms with Crippen molar-refractivity contribution < 1.29 is 14.3 Å². The highest BCUT2D eigenvalue weighted by Crippen LogP contribution is 2.24. The molecule has 0 fully saturated rings. The van der Waals surface area contributed by atoms with Gasteiger partial charge in [0.05, 0.1) is 18.8 Å². The van der Waals surface area contributed by atoms with Gasteiger partial charge in [-0.1, -0.05) is 50.2 Å². The SMILES string of the molecule is CC(C)COc1ccccc1NCC(=O)Nc1cccc(NC(=O)c2ccccc2)c1. The highest BCUT2D eigenvalue weighted by atomic mass is 16.5. The molecule has 0 radical (unpaired) electrons. The fourth-order valence-electron chi connectivity index (χ4n) is 2.84. The third kappa shape index (κ3) is 6.89. The Morgan fingerprint density at radius 3 is 2.26 bits per heavy atom. The largest absolute Gasteiger partial charge is 0.491 e. The highest BCUT2D eigenvalue weighted by Gasteiger charge is 2.09. The van der Waals surface area contributed by atoms with Gasteiger partial charge in [0.25, 0.3) is 5.91 Å². The zero-order valence-corrected chi connectivity index (χ0v) is 17.7. The van der Waals surface area contributed by atoms with E-state index in [1.54, 1.807) is 36.4 Å². The van der Waals surface area contributed by atoms with E-state index in [1.807, 2.05) is 42.5 Å². The number of carbonyl (C=O) groups excluding carboxylic acids is 2. The Hall–Kier alpha value is -3.80. The monoisotopic (exact) mass is 417 g/mol. The first kappa shape index (κ1) is 21.9. The number of carbonyl (C=O) groups is 2. The summed E-state index contributed by atoms with van der Waals surface area (Å²) < 4.78 is 5.80. The number of hydrogen-bond donors (Lipinski definition) is 3. The van der Waals surface area contributed by atoms with Crippen LogP contribution >= 0.6 is 0 Å². The Kier molecular flexibility index (Phi) is 7.65. The third-order valence-electron chi connectivity index (χ3n) is 4.34. The number of hydrogen-bond acceptors (Lipinski definition) is 4. The van der Waals surface area contributed by atoms with Crippen molar-refractivity contribution in [1.29, 1.82) is 0 Å². The molecule has 2 amide bonds. The fraction of sp³-hybridized carbons (Fsp3) is 0.200. The lowest BCUT2D eigenvalue weighted by Gasteiger charge is -2.14. The van der Waals surface area contributed by atoms with Gasteiger partial charge in [0.1, 0.15) is 5.75 Å². The van der Waals surface area contributed by atoms with E-state index in [-0.39, 0.29) is 18.4 Å². The van der Waals surface area contributed by atoms with Crippen LogP contribution in [0.5, 0.6) is 5.75 Å². The van der Waals surface area contributed by atoms with E-state index in [1.165, 1.54) is 0 Å². The smallest absolute Gasteiger partial charge is 0.255 e. The minimum atomic E-state index is -0.205. The van der Waals surface area contributed by atoms with Gasteiger partial charge in [0.15, 0.2) is 0 Å². The lowest BCUT2D eigenvalue weighted by Crippen LogP contribution is -2.22. The van der Waals surface area contributed by atoms with Crippen molar-refractivity contribution in [2.24, 2.45) is 5.92 Å². The van der Waals surface area contributed by atoms with Crippen LogP contribution in [0, 0.1) is 5.92 Å². The van der Waals surface area contributed by atoms with Crippen LogP contribution in [0.1, 0.15) is 24.2 Å². The van der Waals surface area contributed by atoms with Crippen molar-refractivity contribution in [2.75, 3.05) is 29.1 Å². The Morgan fingerprint density at radius 1 is 0.839 bits per heavy atom. The van der Waals surface area contributed by atoms with E-state index in [9.17, 15) is 9.59 Å². The zero-order chi connectivity index (χ0) is 22.1. The minimum absolute atomic E-state index is 0.0860. The van der Waals surface area contributed by atoms with E-state index in [4.69, 9.17) is 4.74 Å². The molecule has 0 aliphatic heterocycles. The van der Waals surface area contributed by atoms with Crippen LogP contribution in [0.15, 0.2) is 78.9 Å². The molecule has 0 bridgehead atoms. The van der Waals surface area contributed by atoms with Crippen LogP contribution in [0.3, 0.4) is 0 Å². The summed E-state index contributed by atoms with van der Waals surface area (Å²) in [4.78, 5) is 24.7. The molecule has 0 spiro atoms. The zero-order valence-electron chi connectivity index (χ0n) is 17.7. The van der Waals surface area contributed by atoms with Crippen molar-refractivity contribution in [3.8, 4) is 5.75 Å². The van der Waals surface area contributed by atoms with E-state index < -0.39 is 0 Å². The average Bonchev–Trinajstić information content (AvgIpc) is 2.77. The summed E-state index contributed by atoms with van der Waals surface area (Å²) in [5.41, 5.74) is 2.54. The number of amides is 2. The molecular weight excluding hydrogens is 390 g/mol. The van der Waals surface area contributed by atoms with Gasteiger partial charge in [-0.15, -0.1) is 0 Å². The fourth-order valence-corrected chi connectivity index (χ4v) is 2.84. The molecule has 3 rings (SSSR count). The lowest BCUT2D eigenvalue weighted by molar-refractivity contribution is -0.114. The molecule has 0 aliphatic rings. The summed E-state index contributed by atoms with van der Waals surface area (Å²) in [5.74, 6) is 0.717. The van der Waals surface area contributed by atoms with Crippen molar-refractivity contribution in [2.45, 2.75) is 13.8 Å². The Labute approximate surface area is 182 Å². The molecule has 6 heteroatoms. The maximum absolute atomic E-state index is 12.4. The van der Waals surface area contributed by atoms with Crippen LogP contribution in [0.25, 0.3) is 0 Å². The summed E-state index contributed by atoms with van der Waals surface area (Å²) in [6, 6.07) is 23.6. The van der Waals surface area contributed by atoms with E-state index >= 15 is 0 Å². The number of nitrogens with one attached hydrogen (secondary N) is 3. The maximum atomic E-state index is 12.4. The molecule has 31 heavy (non-hydrogen) atoms. The van der Waals surface area contributed by atoms with Gasteiger partial charge in [0, 0.05) is 16.9 Å². The van der Waals surface area contributed by atoms with Crippen molar-refractivity contribution in [1.82, 2.24) is 0 Å². The Bertz CT molecular complexity index is 1020. The molecule has 0 saturated carbocycles. The average molecular weight is 418 g/mol. The molecule has 0 unspecified atom stereocenters. The summed E-state index contributed by atoms with van der Waals surface area (Å²) >= 11 is 0. The third-order valence-corrected chi connectivity index (χ3v) is 4.34. The minimum Gasteiger partial charge on any atom is -0.491 e. The van der Waals surface area contributed by atoms with Gasteiger partial charge in [-0.05, 0) is 48.4 Å². The first-order valence-electron chi connectivity index (χ1n) is 10.2. The van der Waals surface area contributed by atoms with Crippen LogP contribution in [0.2, 0.25) is 0 Å². The quantitative estimate of drug-likeness (QED) is 0.456. The molecule has 6 nitrogen and oxygen atoms in total. The Balaban J connectivity index is 1.56. The molecule has 0 saturated heterocycles. The molecule has 3 N–H and O–H groups in total. The second-order valence-corrected chi connectivity index (χ2v) is 7.50. The number of rotatable bonds is 9. The van der Waals surface area contributed by atoms with Gasteiger partial charge >= 0.3 is 0 Å². The van der Waals surface area contributed by atoms with Crippen molar-refractivity contribution in [3.63, 3.8) is 0 Å². The van der Waals surface area contributed by atoms with Crippen LogP contribution in [0.4, 0.5) is 17.1 Å². The molecule has 3 aromatic rings. The predicted molar refractivity (Wildman–Crippen MR) is 125 cm³/mol. The van der Waals surface area contributed by atoms with Crippen LogP contribution in [-0.4, -0.2) is 25.0 Å². The summed E-state index contributed by atoms with van der Waals surface area (Å²) in [7, 11) is 0. The maximum Gasteiger partial charge on any atom is 0.255 e. The van der Waals surface area contributed by atoms with Gasteiger partial charge in [-0.2, -0.15) is 0 Å². The van der Waals surface area contributed by atoms with Gasteiger partial charge in [-0.25, -0.2) is 0 Å². The Morgan fingerprint density at radius 2 is 1.52 bits per heavy atom. The molecular formula is C25H27N3O3. The topological polar surface area (TPSA) is 79.5 Å². The number of ether oxygens (including phenoxy) is 1. The molecule has 160 valence electrons. The molecule has 0 aliphatic carbocycles. The standard InChI is InChI=1S/C25H27N3O3/c1-18(2)17-31-23-14-7-6-13-22(23)26-16-24(29)27-20-11-8-12-21(15-20)28-25(30)19-9-4-3-5-10-19/h3-15,18,26H,16-17H2,1-2H3,(H,27,29)(H,28,30). The first-order valence-corrected chi connectivity index (χ1v) is 10.2. The van der Waals surface area contributed by atoms with E-state index in [0.717, 1.165) is 11.4 Å². The number of benzene rings is 3. The number of anilines is 3. The van der Waals surface area contributed by atoms with Gasteiger partial charge < -0.3 is 20.7 Å². The van der Waals surface area contributed by atoms with Crippen molar-refractivity contribution in [3.05, 3.63) is 84.4 Å². The lowest BCUT2D eigenvalue weighted by atomic mass is 10.2. The normalized spacial score (nSPS) is 10.4. The van der Waals surface area contributed by atoms with Crippen LogP contribution < -0.4 is 20.7 Å². The molecule has 3 aromatic carbocycles. The molecule has 0 aromatic heterocycles. The van der Waals surface area contributed by atoms with Gasteiger partial charge in [-0.3, -0.25) is 9.59 Å². The summed E-state index contributed by atoms with van der Waals surface area (Å²) in [5, 5.41) is 8.80. The van der Waals surface area contributed by atoms with E-state index in [2.05, 4.69) is 29.8 Å². The summed E-state index contributed by atoms with van der Waals surface area (Å²) in [6.45, 7) is 4.86. The second-order valence-electron chi connectivity index (χ2n) is 7.50. The summed E-state index contributed by atoms with van der Waals surface area (Å²) in [6.07, 6.45) is 0. The van der Waals surface area contributed by atoms with Crippen LogP contribution in [-0.2, 0) is 4.79 Å². The molecule has 0 heterocycles. The second kappa shape index (κ2) is 10.8. The van der Waals surface area contributed by atoms with Crippen molar-refractivity contribution >= 4 is 28.9 Å². The highest BCUT2D eigenvalue weighted by molar-refractivity contribution is 6.04. The number of para-hydroxylation sites is 2. The first-order chi connectivity index (χ1) is 15.0.